The molecule has 1 aromatic heterocycles. The Morgan fingerprint density at radius 2 is 1.81 bits per heavy atom. The molecule has 2 N–H and O–H groups in total. The Bertz CT molecular complexity index is 627. The number of aryl methyl sites for hydroxylation is 1. The van der Waals surface area contributed by atoms with Crippen molar-refractivity contribution in [3.05, 3.63) is 11.3 Å². The summed E-state index contributed by atoms with van der Waals surface area (Å²) in [6.07, 6.45) is 8.13. The third-order valence-corrected chi connectivity index (χ3v) is 5.24. The minimum Gasteiger partial charge on any atom is -0.450 e. The number of fused-ring (bicyclic) bond motifs is 1. The summed E-state index contributed by atoms with van der Waals surface area (Å²) in [5, 5.41) is 6.47. The van der Waals surface area contributed by atoms with Crippen LogP contribution in [0, 0.1) is 0 Å². The van der Waals surface area contributed by atoms with E-state index in [2.05, 4.69) is 15.5 Å². The molecule has 26 heavy (non-hydrogen) atoms. The van der Waals surface area contributed by atoms with E-state index in [1.165, 1.54) is 24.1 Å². The van der Waals surface area contributed by atoms with Crippen LogP contribution in [0.15, 0.2) is 0 Å². The lowest BCUT2D eigenvalue weighted by Gasteiger charge is -2.30. The first-order chi connectivity index (χ1) is 12.6. The number of rotatable bonds is 5. The van der Waals surface area contributed by atoms with E-state index >= 15 is 0 Å². The number of anilines is 2. The van der Waals surface area contributed by atoms with E-state index in [0.717, 1.165) is 50.3 Å². The van der Waals surface area contributed by atoms with Crippen LogP contribution in [0.3, 0.4) is 0 Å². The Labute approximate surface area is 155 Å². The molecule has 1 amide bonds. The second kappa shape index (κ2) is 8.56. The summed E-state index contributed by atoms with van der Waals surface area (Å²) in [5.41, 5.74) is 2.52. The number of nitrogens with one attached hydrogen (secondary N) is 2. The van der Waals surface area contributed by atoms with Crippen molar-refractivity contribution in [1.82, 2.24) is 15.3 Å². The lowest BCUT2D eigenvalue weighted by molar-refractivity contribution is 0.144. The van der Waals surface area contributed by atoms with Gasteiger partial charge in [-0.1, -0.05) is 0 Å². The number of hydrogen-bond acceptors (Lipinski definition) is 6. The minimum absolute atomic E-state index is 0.203. The zero-order valence-corrected chi connectivity index (χ0v) is 16.2. The van der Waals surface area contributed by atoms with Crippen LogP contribution in [-0.2, 0) is 17.6 Å². The van der Waals surface area contributed by atoms with Gasteiger partial charge in [0.15, 0.2) is 0 Å². The van der Waals surface area contributed by atoms with E-state index in [-0.39, 0.29) is 12.1 Å². The molecule has 0 unspecified atom stereocenters. The van der Waals surface area contributed by atoms with Crippen LogP contribution < -0.4 is 15.5 Å². The summed E-state index contributed by atoms with van der Waals surface area (Å²) in [6.45, 7) is 2.23. The molecule has 7 nitrogen and oxygen atoms in total. The molecule has 0 atom stereocenters. The minimum atomic E-state index is -0.308. The third-order valence-electron chi connectivity index (χ3n) is 5.24. The fraction of sp³-hybridized carbons (Fsp3) is 0.737. The Morgan fingerprint density at radius 3 is 2.50 bits per heavy atom. The summed E-state index contributed by atoms with van der Waals surface area (Å²) in [5.74, 6) is 1.80. The van der Waals surface area contributed by atoms with Gasteiger partial charge in [0, 0.05) is 31.7 Å². The highest BCUT2D eigenvalue weighted by Gasteiger charge is 2.25. The molecule has 0 spiro atoms. The summed E-state index contributed by atoms with van der Waals surface area (Å²) in [4.78, 5) is 23.2. The standard InChI is InChI=1S/C19H31N5O2/c1-4-26-19(25)21-14-11-9-13(10-12-14)20-18-22-16-8-6-5-7-15(16)17(23-18)24(2)3/h13-14H,4-12H2,1-3H3,(H,21,25)(H,20,22,23). The number of carbonyl (C=O) groups excluding carboxylic acids is 1. The van der Waals surface area contributed by atoms with Crippen LogP contribution in [0.1, 0.15) is 56.7 Å². The first-order valence-corrected chi connectivity index (χ1v) is 9.83. The molecule has 1 heterocycles. The Morgan fingerprint density at radius 1 is 1.12 bits per heavy atom. The van der Waals surface area contributed by atoms with E-state index in [1.807, 2.05) is 21.0 Å². The van der Waals surface area contributed by atoms with Gasteiger partial charge in [-0.15, -0.1) is 0 Å². The van der Waals surface area contributed by atoms with Crippen molar-refractivity contribution in [2.24, 2.45) is 0 Å². The Hall–Kier alpha value is -2.05. The number of ether oxygens (including phenoxy) is 1. The van der Waals surface area contributed by atoms with E-state index in [0.29, 0.717) is 12.6 Å². The van der Waals surface area contributed by atoms with Crippen molar-refractivity contribution < 1.29 is 9.53 Å². The van der Waals surface area contributed by atoms with Gasteiger partial charge in [-0.05, 0) is 58.3 Å². The van der Waals surface area contributed by atoms with Crippen molar-refractivity contribution in [3.63, 3.8) is 0 Å². The highest BCUT2D eigenvalue weighted by atomic mass is 16.5. The smallest absolute Gasteiger partial charge is 0.407 e. The molecular weight excluding hydrogens is 330 g/mol. The maximum absolute atomic E-state index is 11.5. The normalized spacial score (nSPS) is 22.3. The van der Waals surface area contributed by atoms with Gasteiger partial charge in [0.05, 0.1) is 12.3 Å². The van der Waals surface area contributed by atoms with Gasteiger partial charge in [-0.2, -0.15) is 4.98 Å². The van der Waals surface area contributed by atoms with Gasteiger partial charge in [0.1, 0.15) is 5.82 Å². The molecule has 3 rings (SSSR count). The quantitative estimate of drug-likeness (QED) is 0.839. The number of aromatic nitrogens is 2. The van der Waals surface area contributed by atoms with Crippen LogP contribution in [0.5, 0.6) is 0 Å². The predicted octanol–water partition coefficient (Wildman–Crippen LogP) is 2.89. The molecule has 0 saturated heterocycles. The summed E-state index contributed by atoms with van der Waals surface area (Å²) < 4.78 is 4.97. The summed E-state index contributed by atoms with van der Waals surface area (Å²) in [7, 11) is 4.10. The lowest BCUT2D eigenvalue weighted by atomic mass is 9.91. The predicted molar refractivity (Wildman–Crippen MR) is 103 cm³/mol. The van der Waals surface area contributed by atoms with Gasteiger partial charge in [-0.25, -0.2) is 9.78 Å². The van der Waals surface area contributed by atoms with Crippen LogP contribution in [-0.4, -0.2) is 48.8 Å². The number of hydrogen-bond donors (Lipinski definition) is 2. The number of amides is 1. The molecule has 0 aliphatic heterocycles. The van der Waals surface area contributed by atoms with Crippen LogP contribution in [0.2, 0.25) is 0 Å². The van der Waals surface area contributed by atoms with Crippen LogP contribution in [0.4, 0.5) is 16.6 Å². The van der Waals surface area contributed by atoms with Crippen molar-refractivity contribution in [3.8, 4) is 0 Å². The Balaban J connectivity index is 1.60. The number of carbonyl (C=O) groups is 1. The van der Waals surface area contributed by atoms with E-state index < -0.39 is 0 Å². The van der Waals surface area contributed by atoms with Crippen molar-refractivity contribution in [2.75, 3.05) is 30.9 Å². The summed E-state index contributed by atoms with van der Waals surface area (Å²) >= 11 is 0. The van der Waals surface area contributed by atoms with E-state index in [9.17, 15) is 4.79 Å². The second-order valence-electron chi connectivity index (χ2n) is 7.46. The number of alkyl carbamates (subject to hydrolysis) is 1. The maximum atomic E-state index is 11.5. The molecule has 1 aromatic rings. The molecule has 2 aliphatic carbocycles. The second-order valence-corrected chi connectivity index (χ2v) is 7.46. The SMILES string of the molecule is CCOC(=O)NC1CCC(Nc2nc3c(c(N(C)C)n2)CCCC3)CC1. The molecular formula is C19H31N5O2. The topological polar surface area (TPSA) is 79.4 Å². The summed E-state index contributed by atoms with van der Waals surface area (Å²) in [6, 6.07) is 0.556. The van der Waals surface area contributed by atoms with E-state index in [1.54, 1.807) is 0 Å². The molecule has 144 valence electrons. The van der Waals surface area contributed by atoms with Gasteiger partial charge in [-0.3, -0.25) is 0 Å². The molecule has 0 bridgehead atoms. The molecule has 7 heteroatoms. The molecule has 0 radical (unpaired) electrons. The highest BCUT2D eigenvalue weighted by Crippen LogP contribution is 2.29. The average Bonchev–Trinajstić information content (AvgIpc) is 2.63. The zero-order valence-electron chi connectivity index (χ0n) is 16.2. The molecule has 0 aromatic carbocycles. The highest BCUT2D eigenvalue weighted by molar-refractivity contribution is 5.67. The van der Waals surface area contributed by atoms with Gasteiger partial charge in [0.2, 0.25) is 5.95 Å². The van der Waals surface area contributed by atoms with Crippen LogP contribution in [0.25, 0.3) is 0 Å². The lowest BCUT2D eigenvalue weighted by Crippen LogP contribution is -2.40. The monoisotopic (exact) mass is 361 g/mol. The first kappa shape index (κ1) is 18.7. The zero-order chi connectivity index (χ0) is 18.5. The maximum Gasteiger partial charge on any atom is 0.407 e. The van der Waals surface area contributed by atoms with Crippen molar-refractivity contribution in [1.29, 1.82) is 0 Å². The van der Waals surface area contributed by atoms with Crippen molar-refractivity contribution in [2.45, 2.75) is 70.4 Å². The van der Waals surface area contributed by atoms with Gasteiger partial charge < -0.3 is 20.3 Å². The van der Waals surface area contributed by atoms with Crippen molar-refractivity contribution >= 4 is 17.9 Å². The van der Waals surface area contributed by atoms with E-state index in [4.69, 9.17) is 14.7 Å². The fourth-order valence-corrected chi connectivity index (χ4v) is 3.91. The average molecular weight is 361 g/mol. The van der Waals surface area contributed by atoms with Gasteiger partial charge in [0.25, 0.3) is 0 Å². The Kier molecular flexibility index (Phi) is 6.16. The van der Waals surface area contributed by atoms with Gasteiger partial charge >= 0.3 is 6.09 Å². The third kappa shape index (κ3) is 4.56. The molecule has 1 fully saturated rings. The largest absolute Gasteiger partial charge is 0.450 e. The number of nitrogens with zero attached hydrogens (tertiary/aromatic N) is 3. The molecule has 1 saturated carbocycles. The fourth-order valence-electron chi connectivity index (χ4n) is 3.91. The van der Waals surface area contributed by atoms with Crippen LogP contribution >= 0.6 is 0 Å². The molecule has 2 aliphatic rings. The first-order valence-electron chi connectivity index (χ1n) is 9.83.